The standard InChI is InChI=1S/C23H27N3O3/c1-26(2)19(18-11-7-8-12-20(18)28-3)15-24-22(27)13-14-23-25-16-21(29-23)17-9-5-4-6-10-17/h4-12,16,19H,13-15H2,1-3H3,(H,24,27). The molecule has 0 bridgehead atoms. The number of rotatable bonds is 9. The first-order valence-electron chi connectivity index (χ1n) is 9.64. The van der Waals surface area contributed by atoms with Gasteiger partial charge in [-0.15, -0.1) is 0 Å². The van der Waals surface area contributed by atoms with E-state index in [1.54, 1.807) is 13.3 Å². The summed E-state index contributed by atoms with van der Waals surface area (Å²) in [5, 5.41) is 3.02. The van der Waals surface area contributed by atoms with Crippen molar-refractivity contribution < 1.29 is 13.9 Å². The molecule has 1 unspecified atom stereocenters. The van der Waals surface area contributed by atoms with Crippen LogP contribution in [-0.2, 0) is 11.2 Å². The number of nitrogens with one attached hydrogen (secondary N) is 1. The number of aromatic nitrogens is 1. The van der Waals surface area contributed by atoms with Crippen LogP contribution >= 0.6 is 0 Å². The van der Waals surface area contributed by atoms with Crippen LogP contribution in [0.2, 0.25) is 0 Å². The lowest BCUT2D eigenvalue weighted by molar-refractivity contribution is -0.121. The maximum absolute atomic E-state index is 12.4. The van der Waals surface area contributed by atoms with E-state index >= 15 is 0 Å². The van der Waals surface area contributed by atoms with Crippen LogP contribution in [0.5, 0.6) is 5.75 Å². The fourth-order valence-corrected chi connectivity index (χ4v) is 3.19. The summed E-state index contributed by atoms with van der Waals surface area (Å²) < 4.78 is 11.2. The second-order valence-electron chi connectivity index (χ2n) is 7.01. The molecular weight excluding hydrogens is 366 g/mol. The molecule has 0 aliphatic heterocycles. The van der Waals surface area contributed by atoms with Crippen LogP contribution in [0.3, 0.4) is 0 Å². The van der Waals surface area contributed by atoms with Crippen molar-refractivity contribution in [3.63, 3.8) is 0 Å². The zero-order valence-corrected chi connectivity index (χ0v) is 17.1. The average molecular weight is 393 g/mol. The first-order chi connectivity index (χ1) is 14.1. The molecule has 152 valence electrons. The highest BCUT2D eigenvalue weighted by atomic mass is 16.5. The zero-order chi connectivity index (χ0) is 20.6. The molecule has 2 aromatic carbocycles. The Morgan fingerprint density at radius 1 is 1.14 bits per heavy atom. The number of para-hydroxylation sites is 1. The highest BCUT2D eigenvalue weighted by Crippen LogP contribution is 2.27. The van der Waals surface area contributed by atoms with Crippen LogP contribution in [0, 0.1) is 0 Å². The van der Waals surface area contributed by atoms with E-state index in [0.29, 0.717) is 31.0 Å². The van der Waals surface area contributed by atoms with Gasteiger partial charge in [-0.25, -0.2) is 4.98 Å². The molecule has 3 aromatic rings. The first kappa shape index (κ1) is 20.6. The molecule has 6 heteroatoms. The second kappa shape index (κ2) is 9.89. The summed E-state index contributed by atoms with van der Waals surface area (Å²) >= 11 is 0. The van der Waals surface area contributed by atoms with Gasteiger partial charge in [0.25, 0.3) is 0 Å². The summed E-state index contributed by atoms with van der Waals surface area (Å²) in [5.41, 5.74) is 2.02. The van der Waals surface area contributed by atoms with Gasteiger partial charge in [0, 0.05) is 30.5 Å². The summed E-state index contributed by atoms with van der Waals surface area (Å²) in [6, 6.07) is 17.7. The molecule has 0 radical (unpaired) electrons. The third-order valence-corrected chi connectivity index (χ3v) is 4.79. The van der Waals surface area contributed by atoms with Gasteiger partial charge in [0.2, 0.25) is 5.91 Å². The molecule has 29 heavy (non-hydrogen) atoms. The lowest BCUT2D eigenvalue weighted by Crippen LogP contribution is -2.34. The molecule has 0 aliphatic carbocycles. The number of likely N-dealkylation sites (N-methyl/N-ethyl adjacent to an activating group) is 1. The van der Waals surface area contributed by atoms with E-state index in [4.69, 9.17) is 9.15 Å². The van der Waals surface area contributed by atoms with Gasteiger partial charge < -0.3 is 19.4 Å². The highest BCUT2D eigenvalue weighted by molar-refractivity contribution is 5.76. The zero-order valence-electron chi connectivity index (χ0n) is 17.1. The molecule has 0 aliphatic rings. The number of oxazole rings is 1. The molecule has 1 atom stereocenters. The number of nitrogens with zero attached hydrogens (tertiary/aromatic N) is 2. The van der Waals surface area contributed by atoms with E-state index in [9.17, 15) is 4.79 Å². The van der Waals surface area contributed by atoms with Crippen molar-refractivity contribution in [2.45, 2.75) is 18.9 Å². The van der Waals surface area contributed by atoms with Gasteiger partial charge in [-0.05, 0) is 20.2 Å². The van der Waals surface area contributed by atoms with E-state index in [1.807, 2.05) is 68.7 Å². The quantitative estimate of drug-likeness (QED) is 0.600. The van der Waals surface area contributed by atoms with Gasteiger partial charge in [-0.2, -0.15) is 0 Å². The van der Waals surface area contributed by atoms with Gasteiger partial charge in [0.15, 0.2) is 11.7 Å². The molecule has 1 aromatic heterocycles. The Morgan fingerprint density at radius 3 is 2.59 bits per heavy atom. The van der Waals surface area contributed by atoms with E-state index in [0.717, 1.165) is 16.9 Å². The number of methoxy groups -OCH3 is 1. The average Bonchev–Trinajstić information content (AvgIpc) is 3.22. The third-order valence-electron chi connectivity index (χ3n) is 4.79. The number of carbonyl (C=O) groups excluding carboxylic acids is 1. The maximum atomic E-state index is 12.4. The van der Waals surface area contributed by atoms with Crippen LogP contribution in [0.15, 0.2) is 65.2 Å². The Labute approximate surface area is 171 Å². The topological polar surface area (TPSA) is 67.6 Å². The lowest BCUT2D eigenvalue weighted by Gasteiger charge is -2.26. The van der Waals surface area contributed by atoms with Crippen LogP contribution < -0.4 is 10.1 Å². The van der Waals surface area contributed by atoms with Crippen molar-refractivity contribution in [1.82, 2.24) is 15.2 Å². The molecular formula is C23H27N3O3. The second-order valence-corrected chi connectivity index (χ2v) is 7.01. The van der Waals surface area contributed by atoms with Crippen molar-refractivity contribution in [2.24, 2.45) is 0 Å². The minimum atomic E-state index is -0.0359. The van der Waals surface area contributed by atoms with E-state index in [1.165, 1.54) is 0 Å². The van der Waals surface area contributed by atoms with Gasteiger partial charge in [0.05, 0.1) is 19.3 Å². The van der Waals surface area contributed by atoms with Gasteiger partial charge in [-0.3, -0.25) is 4.79 Å². The SMILES string of the molecule is COc1ccccc1C(CNC(=O)CCc1ncc(-c2ccccc2)o1)N(C)C. The van der Waals surface area contributed by atoms with Crippen molar-refractivity contribution in [3.8, 4) is 17.1 Å². The summed E-state index contributed by atoms with van der Waals surface area (Å²) in [6.07, 6.45) is 2.48. The highest BCUT2D eigenvalue weighted by Gasteiger charge is 2.19. The van der Waals surface area contributed by atoms with Crippen LogP contribution in [-0.4, -0.2) is 43.5 Å². The number of amides is 1. The smallest absolute Gasteiger partial charge is 0.220 e. The molecule has 0 fully saturated rings. The molecule has 1 amide bonds. The summed E-state index contributed by atoms with van der Waals surface area (Å²) in [7, 11) is 5.63. The van der Waals surface area contributed by atoms with Crippen molar-refractivity contribution in [3.05, 3.63) is 72.2 Å². The molecule has 6 nitrogen and oxygen atoms in total. The Balaban J connectivity index is 1.54. The van der Waals surface area contributed by atoms with Crippen LogP contribution in [0.25, 0.3) is 11.3 Å². The monoisotopic (exact) mass is 393 g/mol. The number of carbonyl (C=O) groups is 1. The molecule has 0 saturated carbocycles. The van der Waals surface area contributed by atoms with Gasteiger partial charge >= 0.3 is 0 Å². The molecule has 1 N–H and O–H groups in total. The first-order valence-corrected chi connectivity index (χ1v) is 9.64. The third kappa shape index (κ3) is 5.45. The minimum Gasteiger partial charge on any atom is -0.496 e. The maximum Gasteiger partial charge on any atom is 0.220 e. The summed E-state index contributed by atoms with van der Waals surface area (Å²) in [5.74, 6) is 2.05. The fourth-order valence-electron chi connectivity index (χ4n) is 3.19. The number of ether oxygens (including phenoxy) is 1. The fraction of sp³-hybridized carbons (Fsp3) is 0.304. The minimum absolute atomic E-state index is 0.0153. The van der Waals surface area contributed by atoms with E-state index in [2.05, 4.69) is 15.2 Å². The number of benzene rings is 2. The van der Waals surface area contributed by atoms with Crippen molar-refractivity contribution in [1.29, 1.82) is 0 Å². The van der Waals surface area contributed by atoms with E-state index < -0.39 is 0 Å². The van der Waals surface area contributed by atoms with Gasteiger partial charge in [-0.1, -0.05) is 48.5 Å². The molecule has 0 saturated heterocycles. The number of hydrogen-bond donors (Lipinski definition) is 1. The largest absolute Gasteiger partial charge is 0.496 e. The van der Waals surface area contributed by atoms with Crippen molar-refractivity contribution in [2.75, 3.05) is 27.7 Å². The Hall–Kier alpha value is -3.12. The summed E-state index contributed by atoms with van der Waals surface area (Å²) in [4.78, 5) is 18.7. The van der Waals surface area contributed by atoms with Gasteiger partial charge in [0.1, 0.15) is 5.75 Å². The number of hydrogen-bond acceptors (Lipinski definition) is 5. The van der Waals surface area contributed by atoms with Crippen LogP contribution in [0.4, 0.5) is 0 Å². The Morgan fingerprint density at radius 2 is 1.86 bits per heavy atom. The van der Waals surface area contributed by atoms with E-state index in [-0.39, 0.29) is 11.9 Å². The Bertz CT molecular complexity index is 922. The predicted octanol–water partition coefficient (Wildman–Crippen LogP) is 3.70. The van der Waals surface area contributed by atoms with Crippen LogP contribution in [0.1, 0.15) is 23.9 Å². The molecule has 3 rings (SSSR count). The van der Waals surface area contributed by atoms with Crippen molar-refractivity contribution >= 4 is 5.91 Å². The summed E-state index contributed by atoms with van der Waals surface area (Å²) in [6.45, 7) is 0.493. The lowest BCUT2D eigenvalue weighted by atomic mass is 10.0. The molecule has 1 heterocycles. The Kier molecular flexibility index (Phi) is 7.03. The normalized spacial score (nSPS) is 12.0. The molecule has 0 spiro atoms. The number of aryl methyl sites for hydroxylation is 1. The predicted molar refractivity (Wildman–Crippen MR) is 113 cm³/mol.